The molecule has 6 rings (SSSR count). The van der Waals surface area contributed by atoms with Crippen LogP contribution in [-0.4, -0.2) is 45.6 Å². The summed E-state index contributed by atoms with van der Waals surface area (Å²) in [6, 6.07) is 10.6. The van der Waals surface area contributed by atoms with E-state index < -0.39 is 0 Å². The van der Waals surface area contributed by atoms with Gasteiger partial charge in [-0.1, -0.05) is 37.3 Å². The molecule has 1 aromatic carbocycles. The van der Waals surface area contributed by atoms with Gasteiger partial charge < -0.3 is 23.7 Å². The Hall–Kier alpha value is -0.980. The number of hydrogen-bond donors (Lipinski definition) is 0. The largest absolute Gasteiger partial charge is 0.374 e. The van der Waals surface area contributed by atoms with Crippen LogP contribution in [0.5, 0.6) is 0 Å². The Morgan fingerprint density at radius 1 is 1.00 bits per heavy atom. The van der Waals surface area contributed by atoms with Gasteiger partial charge in [0.2, 0.25) is 0 Å². The van der Waals surface area contributed by atoms with E-state index in [-0.39, 0.29) is 22.7 Å². The highest BCUT2D eigenvalue weighted by Crippen LogP contribution is 2.73. The summed E-state index contributed by atoms with van der Waals surface area (Å²) in [5.41, 5.74) is 1.58. The molecule has 0 amide bonds. The zero-order chi connectivity index (χ0) is 23.4. The van der Waals surface area contributed by atoms with E-state index in [0.717, 1.165) is 38.2 Å². The number of benzene rings is 1. The third-order valence-corrected chi connectivity index (χ3v) is 10.6. The second-order valence-corrected chi connectivity index (χ2v) is 12.2. The van der Waals surface area contributed by atoms with Crippen LogP contribution in [0, 0.1) is 34.5 Å². The molecule has 9 atom stereocenters. The molecule has 0 spiro atoms. The molecule has 1 saturated heterocycles. The third kappa shape index (κ3) is 3.53. The molecular formula is C29H42O5. The van der Waals surface area contributed by atoms with E-state index in [2.05, 4.69) is 37.3 Å². The van der Waals surface area contributed by atoms with E-state index in [1.807, 2.05) is 7.11 Å². The van der Waals surface area contributed by atoms with E-state index in [1.54, 1.807) is 7.11 Å². The van der Waals surface area contributed by atoms with Gasteiger partial charge in [-0.15, -0.1) is 0 Å². The summed E-state index contributed by atoms with van der Waals surface area (Å²) in [7, 11) is 3.61. The third-order valence-electron chi connectivity index (χ3n) is 10.6. The molecular weight excluding hydrogens is 428 g/mol. The van der Waals surface area contributed by atoms with Gasteiger partial charge in [0, 0.05) is 31.5 Å². The fourth-order valence-corrected chi connectivity index (χ4v) is 9.32. The van der Waals surface area contributed by atoms with Crippen molar-refractivity contribution in [2.75, 3.05) is 27.6 Å². The molecule has 34 heavy (non-hydrogen) atoms. The Morgan fingerprint density at radius 3 is 2.65 bits per heavy atom. The number of hydrogen-bond acceptors (Lipinski definition) is 5. The first kappa shape index (κ1) is 23.4. The van der Waals surface area contributed by atoms with Crippen molar-refractivity contribution in [1.29, 1.82) is 0 Å². The van der Waals surface area contributed by atoms with Crippen molar-refractivity contribution < 1.29 is 23.7 Å². The molecule has 0 N–H and O–H groups in total. The average Bonchev–Trinajstić information content (AvgIpc) is 3.52. The van der Waals surface area contributed by atoms with Gasteiger partial charge in [-0.3, -0.25) is 0 Å². The summed E-state index contributed by atoms with van der Waals surface area (Å²) in [4.78, 5) is 0. The highest BCUT2D eigenvalue weighted by Gasteiger charge is 2.74. The second-order valence-electron chi connectivity index (χ2n) is 12.2. The van der Waals surface area contributed by atoms with Crippen LogP contribution in [0.2, 0.25) is 0 Å². The number of rotatable bonds is 8. The molecule has 5 heteroatoms. The summed E-state index contributed by atoms with van der Waals surface area (Å²) in [5, 5.41) is 0. The first-order chi connectivity index (χ1) is 16.5. The second kappa shape index (κ2) is 8.85. The molecule has 1 aliphatic heterocycles. The summed E-state index contributed by atoms with van der Waals surface area (Å²) < 4.78 is 31.2. The monoisotopic (exact) mass is 470 g/mol. The van der Waals surface area contributed by atoms with Gasteiger partial charge in [-0.25, -0.2) is 0 Å². The molecule has 0 aromatic heterocycles. The lowest BCUT2D eigenvalue weighted by atomic mass is 9.49. The standard InChI is InChI=1S/C29H42O5/c1-27-17-28(18-32-19-30-2)12-11-24(33-16-20-7-5-4-6-8-20)14-23(28)15-25(27)34-29(31-3)22-10-9-21(13-22)26(27)29/h4-8,21-26H,9-19H2,1-3H3/t21-,22+,23+,24-,25+,26-,27-,28+,29-/m0/s1. The molecule has 5 aliphatic rings. The lowest BCUT2D eigenvalue weighted by molar-refractivity contribution is -0.257. The summed E-state index contributed by atoms with van der Waals surface area (Å²) in [6.07, 6.45) is 10.1. The molecule has 1 aromatic rings. The summed E-state index contributed by atoms with van der Waals surface area (Å²) in [5.74, 6) is 2.02. The van der Waals surface area contributed by atoms with Gasteiger partial charge in [0.05, 0.1) is 25.4 Å². The maximum absolute atomic E-state index is 7.02. The van der Waals surface area contributed by atoms with Gasteiger partial charge in [0.15, 0.2) is 5.79 Å². The molecule has 188 valence electrons. The molecule has 5 nitrogen and oxygen atoms in total. The molecule has 2 bridgehead atoms. The van der Waals surface area contributed by atoms with Gasteiger partial charge in [-0.05, 0) is 74.2 Å². The Bertz CT molecular complexity index is 861. The highest BCUT2D eigenvalue weighted by molar-refractivity contribution is 5.19. The number of ether oxygens (including phenoxy) is 5. The Labute approximate surface area is 204 Å². The minimum absolute atomic E-state index is 0.153. The maximum Gasteiger partial charge on any atom is 0.174 e. The molecule has 4 aliphatic carbocycles. The van der Waals surface area contributed by atoms with Crippen LogP contribution in [0.3, 0.4) is 0 Å². The Kier molecular flexibility index (Phi) is 6.09. The van der Waals surface area contributed by atoms with Crippen molar-refractivity contribution in [2.24, 2.45) is 34.5 Å². The normalized spacial score (nSPS) is 46.8. The lowest BCUT2D eigenvalue weighted by Gasteiger charge is -2.57. The van der Waals surface area contributed by atoms with Crippen molar-refractivity contribution in [1.82, 2.24) is 0 Å². The van der Waals surface area contributed by atoms with E-state index in [1.165, 1.54) is 31.2 Å². The van der Waals surface area contributed by atoms with E-state index in [0.29, 0.717) is 37.3 Å². The van der Waals surface area contributed by atoms with Gasteiger partial charge >= 0.3 is 0 Å². The predicted molar refractivity (Wildman–Crippen MR) is 129 cm³/mol. The minimum atomic E-state index is -0.354. The molecule has 0 unspecified atom stereocenters. The van der Waals surface area contributed by atoms with Gasteiger partial charge in [0.1, 0.15) is 6.79 Å². The number of fused-ring (bicyclic) bond motifs is 8. The number of methoxy groups -OCH3 is 2. The maximum atomic E-state index is 7.02. The van der Waals surface area contributed by atoms with Crippen LogP contribution >= 0.6 is 0 Å². The first-order valence-corrected chi connectivity index (χ1v) is 13.5. The Morgan fingerprint density at radius 2 is 1.85 bits per heavy atom. The Balaban J connectivity index is 1.23. The smallest absolute Gasteiger partial charge is 0.174 e. The quantitative estimate of drug-likeness (QED) is 0.367. The van der Waals surface area contributed by atoms with Crippen molar-refractivity contribution >= 4 is 0 Å². The predicted octanol–water partition coefficient (Wildman–Crippen LogP) is 5.57. The highest BCUT2D eigenvalue weighted by atomic mass is 16.7. The van der Waals surface area contributed by atoms with Crippen LogP contribution in [-0.2, 0) is 30.3 Å². The lowest BCUT2D eigenvalue weighted by Crippen LogP contribution is -2.55. The zero-order valence-corrected chi connectivity index (χ0v) is 21.2. The minimum Gasteiger partial charge on any atom is -0.374 e. The SMILES string of the molecule is COCOC[C@]12CC[C@H](OCc3ccccc3)C[C@@H]1C[C@H]1O[C@@]3(OC)[C@@H]4CC[C@@H](C4)[C@H]3[C@@]1(C)C2. The van der Waals surface area contributed by atoms with Crippen molar-refractivity contribution in [2.45, 2.75) is 82.9 Å². The van der Waals surface area contributed by atoms with Crippen LogP contribution in [0.15, 0.2) is 30.3 Å². The fraction of sp³-hybridized carbons (Fsp3) is 0.793. The topological polar surface area (TPSA) is 46.2 Å². The summed E-state index contributed by atoms with van der Waals surface area (Å²) in [6.45, 7) is 4.37. The summed E-state index contributed by atoms with van der Waals surface area (Å²) >= 11 is 0. The molecule has 4 saturated carbocycles. The van der Waals surface area contributed by atoms with E-state index in [9.17, 15) is 0 Å². The van der Waals surface area contributed by atoms with Crippen LogP contribution in [0.4, 0.5) is 0 Å². The van der Waals surface area contributed by atoms with Crippen LogP contribution in [0.25, 0.3) is 0 Å². The fourth-order valence-electron chi connectivity index (χ4n) is 9.32. The average molecular weight is 471 g/mol. The van der Waals surface area contributed by atoms with Crippen molar-refractivity contribution in [3.8, 4) is 0 Å². The van der Waals surface area contributed by atoms with Gasteiger partial charge in [0.25, 0.3) is 0 Å². The molecule has 0 radical (unpaired) electrons. The zero-order valence-electron chi connectivity index (χ0n) is 21.2. The molecule has 1 heterocycles. The van der Waals surface area contributed by atoms with E-state index >= 15 is 0 Å². The van der Waals surface area contributed by atoms with Crippen LogP contribution < -0.4 is 0 Å². The van der Waals surface area contributed by atoms with E-state index in [4.69, 9.17) is 23.7 Å². The van der Waals surface area contributed by atoms with Crippen molar-refractivity contribution in [3.05, 3.63) is 35.9 Å². The molecule has 5 fully saturated rings. The van der Waals surface area contributed by atoms with Crippen LogP contribution in [0.1, 0.15) is 63.9 Å². The van der Waals surface area contributed by atoms with Crippen molar-refractivity contribution in [3.63, 3.8) is 0 Å². The first-order valence-electron chi connectivity index (χ1n) is 13.5. The van der Waals surface area contributed by atoms with Gasteiger partial charge in [-0.2, -0.15) is 0 Å².